The summed E-state index contributed by atoms with van der Waals surface area (Å²) >= 11 is 0. The van der Waals surface area contributed by atoms with Crippen LogP contribution in [-0.4, -0.2) is 26.4 Å². The molecule has 2 aromatic rings. The van der Waals surface area contributed by atoms with E-state index in [-0.39, 0.29) is 6.42 Å². The van der Waals surface area contributed by atoms with Gasteiger partial charge in [-0.05, 0) is 0 Å². The molecule has 0 saturated heterocycles. The molecule has 0 saturated carbocycles. The molecule has 1 N–H and O–H groups in total. The zero-order chi connectivity index (χ0) is 9.26. The molecular formula is C7H6F2N4. The summed E-state index contributed by atoms with van der Waals surface area (Å²) in [6.45, 7) is 0. The van der Waals surface area contributed by atoms with Crippen LogP contribution in [0.4, 0.5) is 8.78 Å². The number of aromatic nitrogens is 4. The summed E-state index contributed by atoms with van der Waals surface area (Å²) in [4.78, 5) is 14.1. The van der Waals surface area contributed by atoms with Gasteiger partial charge < -0.3 is 4.98 Å². The predicted octanol–water partition coefficient (Wildman–Crippen LogP) is 1.16. The standard InChI is InChI=1S/C7H6F2N4/c8-5(9)1-4-6-7(12-2-10-4)13-3-11-6/h2-3,5H,1H2,(H,10,11,12,13). The molecule has 68 valence electrons. The SMILES string of the molecule is FC(F)Cc1ncnc2nc[nH]c12. The highest BCUT2D eigenvalue weighted by molar-refractivity contribution is 5.71. The number of alkyl halides is 2. The van der Waals surface area contributed by atoms with Crippen molar-refractivity contribution in [2.75, 3.05) is 0 Å². The molecule has 0 bridgehead atoms. The summed E-state index contributed by atoms with van der Waals surface area (Å²) in [6, 6.07) is 0. The zero-order valence-electron chi connectivity index (χ0n) is 6.54. The summed E-state index contributed by atoms with van der Waals surface area (Å²) in [6.07, 6.45) is -0.127. The van der Waals surface area contributed by atoms with E-state index in [1.807, 2.05) is 0 Å². The Morgan fingerprint density at radius 2 is 2.15 bits per heavy atom. The van der Waals surface area contributed by atoms with Crippen molar-refractivity contribution in [1.82, 2.24) is 19.9 Å². The average Bonchev–Trinajstić information content (AvgIpc) is 2.51. The molecule has 2 heterocycles. The van der Waals surface area contributed by atoms with Crippen molar-refractivity contribution in [3.63, 3.8) is 0 Å². The van der Waals surface area contributed by atoms with Crippen molar-refractivity contribution in [3.05, 3.63) is 18.3 Å². The molecule has 0 fully saturated rings. The van der Waals surface area contributed by atoms with Crippen LogP contribution in [0.5, 0.6) is 0 Å². The van der Waals surface area contributed by atoms with Crippen LogP contribution in [0.1, 0.15) is 5.69 Å². The number of H-pyrrole nitrogens is 1. The Labute approximate surface area is 72.0 Å². The fraction of sp³-hybridized carbons (Fsp3) is 0.286. The molecule has 0 aliphatic rings. The molecule has 0 aliphatic carbocycles. The van der Waals surface area contributed by atoms with Crippen LogP contribution in [0.3, 0.4) is 0 Å². The number of hydrogen-bond acceptors (Lipinski definition) is 3. The lowest BCUT2D eigenvalue weighted by atomic mass is 10.3. The molecule has 2 aromatic heterocycles. The minimum absolute atomic E-state index is 0.303. The van der Waals surface area contributed by atoms with Crippen molar-refractivity contribution >= 4 is 11.2 Å². The summed E-state index contributed by atoms with van der Waals surface area (Å²) in [7, 11) is 0. The number of aromatic amines is 1. The zero-order valence-corrected chi connectivity index (χ0v) is 6.54. The molecule has 0 radical (unpaired) electrons. The van der Waals surface area contributed by atoms with Gasteiger partial charge >= 0.3 is 0 Å². The summed E-state index contributed by atoms with van der Waals surface area (Å²) < 4.78 is 24.1. The first-order valence-corrected chi connectivity index (χ1v) is 3.68. The van der Waals surface area contributed by atoms with E-state index in [4.69, 9.17) is 0 Å². The number of rotatable bonds is 2. The molecule has 0 aliphatic heterocycles. The fourth-order valence-corrected chi connectivity index (χ4v) is 1.12. The monoisotopic (exact) mass is 184 g/mol. The largest absolute Gasteiger partial charge is 0.342 e. The van der Waals surface area contributed by atoms with Crippen molar-refractivity contribution in [2.24, 2.45) is 0 Å². The second kappa shape index (κ2) is 3.04. The molecule has 13 heavy (non-hydrogen) atoms. The van der Waals surface area contributed by atoms with Crippen molar-refractivity contribution in [1.29, 1.82) is 0 Å². The lowest BCUT2D eigenvalue weighted by Gasteiger charge is -1.98. The van der Waals surface area contributed by atoms with E-state index in [9.17, 15) is 8.78 Å². The van der Waals surface area contributed by atoms with Gasteiger partial charge in [0.2, 0.25) is 6.43 Å². The lowest BCUT2D eigenvalue weighted by molar-refractivity contribution is 0.148. The van der Waals surface area contributed by atoms with E-state index < -0.39 is 6.43 Å². The molecule has 0 amide bonds. The van der Waals surface area contributed by atoms with Crippen LogP contribution in [-0.2, 0) is 6.42 Å². The summed E-state index contributed by atoms with van der Waals surface area (Å²) in [5.74, 6) is 0. The van der Waals surface area contributed by atoms with Crippen LogP contribution in [0.2, 0.25) is 0 Å². The van der Waals surface area contributed by atoms with E-state index in [1.165, 1.54) is 12.7 Å². The molecule has 4 nitrogen and oxygen atoms in total. The Bertz CT molecular complexity index is 412. The second-order valence-electron chi connectivity index (χ2n) is 2.52. The quantitative estimate of drug-likeness (QED) is 0.761. The van der Waals surface area contributed by atoms with Gasteiger partial charge in [-0.2, -0.15) is 0 Å². The minimum Gasteiger partial charge on any atom is -0.342 e. The molecule has 6 heteroatoms. The third-order valence-electron chi connectivity index (χ3n) is 1.65. The van der Waals surface area contributed by atoms with Crippen LogP contribution in [0.15, 0.2) is 12.7 Å². The Morgan fingerprint density at radius 1 is 1.31 bits per heavy atom. The van der Waals surface area contributed by atoms with Crippen molar-refractivity contribution in [2.45, 2.75) is 12.8 Å². The van der Waals surface area contributed by atoms with Gasteiger partial charge in [0.15, 0.2) is 5.65 Å². The molecule has 0 aromatic carbocycles. The van der Waals surface area contributed by atoms with E-state index in [2.05, 4.69) is 19.9 Å². The molecule has 0 unspecified atom stereocenters. The first-order valence-electron chi connectivity index (χ1n) is 3.68. The van der Waals surface area contributed by atoms with Gasteiger partial charge in [-0.25, -0.2) is 23.7 Å². The Balaban J connectivity index is 2.48. The van der Waals surface area contributed by atoms with Crippen molar-refractivity contribution < 1.29 is 8.78 Å². The van der Waals surface area contributed by atoms with E-state index in [0.717, 1.165) is 0 Å². The maximum atomic E-state index is 12.1. The van der Waals surface area contributed by atoms with Crippen LogP contribution >= 0.6 is 0 Å². The highest BCUT2D eigenvalue weighted by atomic mass is 19.3. The number of hydrogen-bond donors (Lipinski definition) is 1. The van der Waals surface area contributed by atoms with Gasteiger partial charge in [-0.1, -0.05) is 0 Å². The Hall–Kier alpha value is -1.59. The van der Waals surface area contributed by atoms with Gasteiger partial charge in [0, 0.05) is 0 Å². The predicted molar refractivity (Wildman–Crippen MR) is 41.4 cm³/mol. The van der Waals surface area contributed by atoms with Crippen LogP contribution in [0.25, 0.3) is 11.2 Å². The van der Waals surface area contributed by atoms with E-state index in [0.29, 0.717) is 16.9 Å². The number of nitrogens with zero attached hydrogens (tertiary/aromatic N) is 3. The summed E-state index contributed by atoms with van der Waals surface area (Å²) in [5, 5.41) is 0. The van der Waals surface area contributed by atoms with Gasteiger partial charge in [0.25, 0.3) is 0 Å². The third kappa shape index (κ3) is 1.47. The first-order chi connectivity index (χ1) is 6.27. The first kappa shape index (κ1) is 8.03. The molecule has 0 spiro atoms. The number of imidazole rings is 1. The number of fused-ring (bicyclic) bond motifs is 1. The smallest absolute Gasteiger partial charge is 0.244 e. The van der Waals surface area contributed by atoms with E-state index in [1.54, 1.807) is 0 Å². The highest BCUT2D eigenvalue weighted by Crippen LogP contribution is 2.12. The average molecular weight is 184 g/mol. The van der Waals surface area contributed by atoms with Gasteiger partial charge in [-0.15, -0.1) is 0 Å². The third-order valence-corrected chi connectivity index (χ3v) is 1.65. The Kier molecular flexibility index (Phi) is 1.88. The summed E-state index contributed by atoms with van der Waals surface area (Å²) in [5.41, 5.74) is 1.21. The molecule has 2 rings (SSSR count). The maximum absolute atomic E-state index is 12.1. The van der Waals surface area contributed by atoms with Crippen LogP contribution in [0, 0.1) is 0 Å². The molecular weight excluding hydrogens is 178 g/mol. The Morgan fingerprint density at radius 3 is 2.92 bits per heavy atom. The maximum Gasteiger partial charge on any atom is 0.244 e. The normalized spacial score (nSPS) is 11.3. The van der Waals surface area contributed by atoms with Gasteiger partial charge in [0.05, 0.1) is 18.4 Å². The topological polar surface area (TPSA) is 54.5 Å². The minimum atomic E-state index is -2.40. The van der Waals surface area contributed by atoms with Gasteiger partial charge in [-0.3, -0.25) is 0 Å². The van der Waals surface area contributed by atoms with Crippen molar-refractivity contribution in [3.8, 4) is 0 Å². The molecule has 0 atom stereocenters. The van der Waals surface area contributed by atoms with Gasteiger partial charge in [0.1, 0.15) is 11.8 Å². The second-order valence-corrected chi connectivity index (χ2v) is 2.52. The lowest BCUT2D eigenvalue weighted by Crippen LogP contribution is -2.01. The van der Waals surface area contributed by atoms with E-state index >= 15 is 0 Å². The fourth-order valence-electron chi connectivity index (χ4n) is 1.12. The number of halogens is 2. The number of nitrogens with one attached hydrogen (secondary N) is 1. The highest BCUT2D eigenvalue weighted by Gasteiger charge is 2.10. The van der Waals surface area contributed by atoms with Crippen LogP contribution < -0.4 is 0 Å².